The Morgan fingerprint density at radius 1 is 1.06 bits per heavy atom. The molecule has 7 heteroatoms. The maximum atomic E-state index is 13.3. The minimum atomic E-state index is -0.175. The van der Waals surface area contributed by atoms with Gasteiger partial charge in [-0.25, -0.2) is 0 Å². The molecule has 4 aromatic rings. The van der Waals surface area contributed by atoms with E-state index in [0.717, 1.165) is 25.2 Å². The van der Waals surface area contributed by atoms with Crippen LogP contribution in [0.25, 0.3) is 11.0 Å². The summed E-state index contributed by atoms with van der Waals surface area (Å²) in [5.41, 5.74) is 3.34. The van der Waals surface area contributed by atoms with E-state index in [2.05, 4.69) is 4.90 Å². The number of rotatable bonds is 4. The maximum absolute atomic E-state index is 13.3. The summed E-state index contributed by atoms with van der Waals surface area (Å²) >= 11 is 5.98. The van der Waals surface area contributed by atoms with E-state index < -0.39 is 0 Å². The average Bonchev–Trinajstić information content (AvgIpc) is 3.26. The van der Waals surface area contributed by atoms with Crippen molar-refractivity contribution in [1.29, 1.82) is 0 Å². The molecule has 6 nitrogen and oxygen atoms in total. The monoisotopic (exact) mass is 474 g/mol. The van der Waals surface area contributed by atoms with Crippen LogP contribution in [0.1, 0.15) is 39.5 Å². The molecule has 0 radical (unpaired) electrons. The van der Waals surface area contributed by atoms with Crippen molar-refractivity contribution >= 4 is 28.4 Å². The van der Waals surface area contributed by atoms with Gasteiger partial charge in [0.05, 0.1) is 5.56 Å². The molecule has 172 valence electrons. The topological polar surface area (TPSA) is 75.7 Å². The number of piperidine rings is 1. The van der Waals surface area contributed by atoms with Crippen molar-refractivity contribution in [3.8, 4) is 5.75 Å². The second-order valence-corrected chi connectivity index (χ2v) is 9.75. The Kier molecular flexibility index (Phi) is 5.08. The molecule has 0 aliphatic carbocycles. The van der Waals surface area contributed by atoms with Gasteiger partial charge in [0.25, 0.3) is 5.56 Å². The quantitative estimate of drug-likeness (QED) is 0.430. The summed E-state index contributed by atoms with van der Waals surface area (Å²) in [5.74, 6) is 0.604. The van der Waals surface area contributed by atoms with Gasteiger partial charge < -0.3 is 14.1 Å². The summed E-state index contributed by atoms with van der Waals surface area (Å²) in [4.78, 5) is 27.9. The highest BCUT2D eigenvalue weighted by atomic mass is 35.5. The van der Waals surface area contributed by atoms with Crippen LogP contribution in [0.5, 0.6) is 5.75 Å². The predicted molar refractivity (Wildman–Crippen MR) is 130 cm³/mol. The van der Waals surface area contributed by atoms with Crippen molar-refractivity contribution < 1.29 is 14.3 Å². The normalized spacial score (nSPS) is 19.8. The van der Waals surface area contributed by atoms with Crippen molar-refractivity contribution in [1.82, 2.24) is 9.47 Å². The summed E-state index contributed by atoms with van der Waals surface area (Å²) in [6.07, 6.45) is 2.53. The van der Waals surface area contributed by atoms with Crippen LogP contribution in [-0.4, -0.2) is 33.4 Å². The molecular weight excluding hydrogens is 452 g/mol. The number of carbonyl (C=O) groups is 1. The first-order valence-corrected chi connectivity index (χ1v) is 11.8. The highest BCUT2D eigenvalue weighted by molar-refractivity contribution is 6.30. The zero-order chi connectivity index (χ0) is 23.4. The van der Waals surface area contributed by atoms with Crippen LogP contribution in [0, 0.1) is 5.92 Å². The number of phenolic OH excluding ortho intramolecular Hbond substituents is 1. The molecule has 2 aromatic heterocycles. The maximum Gasteiger partial charge on any atom is 0.250 e. The van der Waals surface area contributed by atoms with Gasteiger partial charge in [-0.05, 0) is 54.8 Å². The van der Waals surface area contributed by atoms with Crippen LogP contribution in [0.15, 0.2) is 70.1 Å². The second-order valence-electron chi connectivity index (χ2n) is 9.31. The van der Waals surface area contributed by atoms with Gasteiger partial charge in [-0.2, -0.15) is 0 Å². The van der Waals surface area contributed by atoms with Crippen molar-refractivity contribution in [3.05, 3.63) is 98.6 Å². The SMILES string of the molecule is O=C(c1ccc(Cl)cc1)c1coc2ccc(O)c(CN3CC4CC(C3)c3cccc(=O)n3C4)c12. The van der Waals surface area contributed by atoms with E-state index in [1.165, 1.54) is 6.26 Å². The molecule has 0 amide bonds. The van der Waals surface area contributed by atoms with Crippen LogP contribution in [0.4, 0.5) is 0 Å². The third-order valence-electron chi connectivity index (χ3n) is 7.11. The Bertz CT molecular complexity index is 1470. The minimum absolute atomic E-state index is 0.0619. The number of furan rings is 1. The zero-order valence-corrected chi connectivity index (χ0v) is 19.2. The number of benzene rings is 2. The van der Waals surface area contributed by atoms with Crippen LogP contribution in [-0.2, 0) is 13.1 Å². The lowest BCUT2D eigenvalue weighted by Gasteiger charge is -2.42. The number of carbonyl (C=O) groups excluding carboxylic acids is 1. The summed E-state index contributed by atoms with van der Waals surface area (Å²) in [6, 6.07) is 15.6. The number of nitrogens with zero attached hydrogens (tertiary/aromatic N) is 2. The highest BCUT2D eigenvalue weighted by Gasteiger charge is 2.35. The van der Waals surface area contributed by atoms with E-state index in [1.54, 1.807) is 42.5 Å². The van der Waals surface area contributed by atoms with Gasteiger partial charge in [-0.15, -0.1) is 0 Å². The molecule has 0 spiro atoms. The number of hydrogen-bond donors (Lipinski definition) is 1. The standard InChI is InChI=1S/C27H23ClN2O4/c28-19-6-4-17(5-7-19)27(33)21-15-34-24-9-8-23(31)20(26(21)24)14-29-11-16-10-18(13-29)22-2-1-3-25(32)30(22)12-16/h1-9,15-16,18,31H,10-14H2. The molecule has 0 saturated carbocycles. The van der Waals surface area contributed by atoms with Gasteiger partial charge in [0, 0.05) is 65.4 Å². The third-order valence-corrected chi connectivity index (χ3v) is 7.36. The Balaban J connectivity index is 1.35. The number of ketones is 1. The van der Waals surface area contributed by atoms with Gasteiger partial charge in [-0.3, -0.25) is 14.5 Å². The average molecular weight is 475 g/mol. The van der Waals surface area contributed by atoms with Gasteiger partial charge in [-0.1, -0.05) is 17.7 Å². The molecule has 6 rings (SSSR count). The van der Waals surface area contributed by atoms with Gasteiger partial charge in [0.2, 0.25) is 0 Å². The van der Waals surface area contributed by atoms with Crippen molar-refractivity contribution in [2.24, 2.45) is 5.92 Å². The number of pyridine rings is 1. The van der Waals surface area contributed by atoms with Crippen LogP contribution < -0.4 is 5.56 Å². The zero-order valence-electron chi connectivity index (χ0n) is 18.4. The summed E-state index contributed by atoms with van der Waals surface area (Å²) in [5, 5.41) is 12.0. The van der Waals surface area contributed by atoms with Gasteiger partial charge in [0.1, 0.15) is 17.6 Å². The molecule has 4 heterocycles. The van der Waals surface area contributed by atoms with Gasteiger partial charge >= 0.3 is 0 Å². The number of phenols is 1. The van der Waals surface area contributed by atoms with Gasteiger partial charge in [0.15, 0.2) is 5.78 Å². The van der Waals surface area contributed by atoms with Crippen molar-refractivity contribution in [3.63, 3.8) is 0 Å². The lowest BCUT2D eigenvalue weighted by Crippen LogP contribution is -2.46. The first-order valence-electron chi connectivity index (χ1n) is 11.4. The lowest BCUT2D eigenvalue weighted by atomic mass is 9.83. The highest BCUT2D eigenvalue weighted by Crippen LogP contribution is 2.38. The number of hydrogen-bond acceptors (Lipinski definition) is 5. The van der Waals surface area contributed by atoms with Crippen LogP contribution >= 0.6 is 11.6 Å². The number of fused-ring (bicyclic) bond motifs is 5. The van der Waals surface area contributed by atoms with E-state index in [1.807, 2.05) is 16.7 Å². The van der Waals surface area contributed by atoms with Crippen molar-refractivity contribution in [2.45, 2.75) is 25.4 Å². The summed E-state index contributed by atoms with van der Waals surface area (Å²) < 4.78 is 7.63. The van der Waals surface area contributed by atoms with Crippen LogP contribution in [0.3, 0.4) is 0 Å². The first kappa shape index (κ1) is 21.2. The molecule has 2 aromatic carbocycles. The van der Waals surface area contributed by atoms with E-state index in [-0.39, 0.29) is 23.0 Å². The molecule has 34 heavy (non-hydrogen) atoms. The molecule has 1 N–H and O–H groups in total. The number of aromatic nitrogens is 1. The fourth-order valence-electron chi connectivity index (χ4n) is 5.62. The molecule has 2 bridgehead atoms. The fourth-order valence-corrected chi connectivity index (χ4v) is 5.75. The molecule has 1 saturated heterocycles. The Morgan fingerprint density at radius 2 is 1.88 bits per heavy atom. The predicted octanol–water partition coefficient (Wildman–Crippen LogP) is 4.80. The lowest BCUT2D eigenvalue weighted by molar-refractivity contribution is 0.103. The smallest absolute Gasteiger partial charge is 0.250 e. The number of aromatic hydroxyl groups is 1. The molecular formula is C27H23ClN2O4. The molecule has 2 aliphatic heterocycles. The molecule has 1 fully saturated rings. The number of halogens is 1. The number of likely N-dealkylation sites (tertiary alicyclic amines) is 1. The Labute approximate surface area is 201 Å². The Hall–Kier alpha value is -3.35. The largest absolute Gasteiger partial charge is 0.508 e. The Morgan fingerprint density at radius 3 is 2.71 bits per heavy atom. The van der Waals surface area contributed by atoms with Crippen molar-refractivity contribution in [2.75, 3.05) is 13.1 Å². The van der Waals surface area contributed by atoms with E-state index in [9.17, 15) is 14.7 Å². The third kappa shape index (κ3) is 3.54. The summed E-state index contributed by atoms with van der Waals surface area (Å²) in [6.45, 7) is 2.82. The van der Waals surface area contributed by atoms with E-state index in [0.29, 0.717) is 51.7 Å². The van der Waals surface area contributed by atoms with Crippen LogP contribution in [0.2, 0.25) is 5.02 Å². The molecule has 2 unspecified atom stereocenters. The minimum Gasteiger partial charge on any atom is -0.508 e. The molecule has 2 aliphatic rings. The van der Waals surface area contributed by atoms with E-state index in [4.69, 9.17) is 16.0 Å². The fraction of sp³-hybridized carbons (Fsp3) is 0.259. The van der Waals surface area contributed by atoms with E-state index >= 15 is 0 Å². The second kappa shape index (κ2) is 8.15. The summed E-state index contributed by atoms with van der Waals surface area (Å²) in [7, 11) is 0. The molecule has 2 atom stereocenters. The first-order chi connectivity index (χ1) is 16.5.